The molecule has 2 radical (unpaired) electrons. The van der Waals surface area contributed by atoms with Gasteiger partial charge in [0.2, 0.25) is 0 Å². The van der Waals surface area contributed by atoms with Crippen LogP contribution in [0, 0.1) is 0 Å². The first-order valence-corrected chi connectivity index (χ1v) is 12.0. The molecule has 0 atom stereocenters. The van der Waals surface area contributed by atoms with Gasteiger partial charge in [0.15, 0.2) is 0 Å². The Bertz CT molecular complexity index is 85.4. The van der Waals surface area contributed by atoms with Gasteiger partial charge >= 0.3 is 98.2 Å². The van der Waals surface area contributed by atoms with Gasteiger partial charge in [0.25, 0.3) is 0 Å². The van der Waals surface area contributed by atoms with E-state index in [4.69, 9.17) is 0 Å². The molecule has 0 aliphatic heterocycles. The van der Waals surface area contributed by atoms with Crippen molar-refractivity contribution >= 4 is 39.0 Å². The van der Waals surface area contributed by atoms with Gasteiger partial charge in [-0.1, -0.05) is 0 Å². The minimum atomic E-state index is -0.0625. The van der Waals surface area contributed by atoms with Gasteiger partial charge in [-0.3, -0.25) is 0 Å². The monoisotopic (exact) mass is 334 g/mol. The van der Waals surface area contributed by atoms with E-state index in [2.05, 4.69) is 51.3 Å². The summed E-state index contributed by atoms with van der Waals surface area (Å²) in [6, 6.07) is 0. The van der Waals surface area contributed by atoms with E-state index in [0.29, 0.717) is 29.6 Å². The fourth-order valence-corrected chi connectivity index (χ4v) is 6.75. The van der Waals surface area contributed by atoms with Crippen LogP contribution in [0.5, 0.6) is 0 Å². The molecule has 0 aliphatic carbocycles. The van der Waals surface area contributed by atoms with Gasteiger partial charge in [0.05, 0.1) is 0 Å². The third kappa shape index (κ3) is 22.5. The van der Waals surface area contributed by atoms with Gasteiger partial charge in [-0.05, 0) is 0 Å². The Morgan fingerprint density at radius 1 is 0.750 bits per heavy atom. The number of hydrogen-bond donors (Lipinski definition) is 0. The molecule has 0 saturated carbocycles. The minimum absolute atomic E-state index is 0.0625. The predicted molar refractivity (Wildman–Crippen MR) is 62.7 cm³/mol. The van der Waals surface area contributed by atoms with Crippen LogP contribution in [0.15, 0.2) is 0 Å². The number of rotatable bonds is 0. The SMILES string of the molecule is C[C](C)(C)[Ga][C](C)(C)C.[CH3][Sb][CH3]. The fraction of sp³-hybridized carbons (Fsp3) is 1.00. The summed E-state index contributed by atoms with van der Waals surface area (Å²) in [5.41, 5.74) is 0. The summed E-state index contributed by atoms with van der Waals surface area (Å²) in [5.74, 6) is 0. The van der Waals surface area contributed by atoms with E-state index in [0.717, 1.165) is 0 Å². The maximum absolute atomic E-state index is 2.36. The second kappa shape index (κ2) is 6.84. The summed E-state index contributed by atoms with van der Waals surface area (Å²) in [6.45, 7) is 14.2. The van der Waals surface area contributed by atoms with E-state index < -0.39 is 0 Å². The predicted octanol–water partition coefficient (Wildman–Crippen LogP) is 3.91. The van der Waals surface area contributed by atoms with Crippen molar-refractivity contribution in [1.29, 1.82) is 0 Å². The Hall–Kier alpha value is 1.45. The maximum atomic E-state index is 2.36. The first-order valence-electron chi connectivity index (χ1n) is 4.47. The van der Waals surface area contributed by atoms with Gasteiger partial charge in [-0.2, -0.15) is 0 Å². The first kappa shape index (κ1) is 15.9. The van der Waals surface area contributed by atoms with E-state index in [-0.39, 0.29) is 17.4 Å². The van der Waals surface area contributed by atoms with Gasteiger partial charge in [-0.15, -0.1) is 0 Å². The Balaban J connectivity index is 0. The van der Waals surface area contributed by atoms with Crippen LogP contribution in [-0.2, 0) is 0 Å². The normalized spacial score (nSPS) is 11.7. The zero-order valence-corrected chi connectivity index (χ0v) is 15.0. The van der Waals surface area contributed by atoms with Crippen molar-refractivity contribution in [3.05, 3.63) is 0 Å². The Morgan fingerprint density at radius 3 is 0.917 bits per heavy atom. The molecule has 0 nitrogen and oxygen atoms in total. The number of hydrogen-bond acceptors (Lipinski definition) is 0. The summed E-state index contributed by atoms with van der Waals surface area (Å²) in [6.07, 6.45) is 0. The molecule has 0 heterocycles. The van der Waals surface area contributed by atoms with Crippen molar-refractivity contribution < 1.29 is 0 Å². The molecular weight excluding hydrogens is 312 g/mol. The van der Waals surface area contributed by atoms with Crippen molar-refractivity contribution in [3.8, 4) is 0 Å². The molecule has 0 fully saturated rings. The summed E-state index contributed by atoms with van der Waals surface area (Å²) < 4.78 is 1.28. The van der Waals surface area contributed by atoms with Crippen LogP contribution in [-0.4, -0.2) is 39.0 Å². The molecule has 72 valence electrons. The zero-order chi connectivity index (χ0) is 10.4. The van der Waals surface area contributed by atoms with Gasteiger partial charge in [0, 0.05) is 0 Å². The molecule has 0 aromatic heterocycles. The fourth-order valence-electron chi connectivity index (χ4n) is 1.30. The molecule has 0 saturated heterocycles. The first-order chi connectivity index (χ1) is 5.12. The molecule has 12 heavy (non-hydrogen) atoms. The Labute approximate surface area is 97.6 Å². The van der Waals surface area contributed by atoms with Gasteiger partial charge < -0.3 is 0 Å². The third-order valence-electron chi connectivity index (χ3n) is 0.866. The molecule has 0 N–H and O–H groups in total. The van der Waals surface area contributed by atoms with E-state index in [9.17, 15) is 0 Å². The molecule has 0 aromatic carbocycles. The van der Waals surface area contributed by atoms with E-state index in [1.165, 1.54) is 0 Å². The van der Waals surface area contributed by atoms with E-state index >= 15 is 0 Å². The van der Waals surface area contributed by atoms with Crippen LogP contribution in [0.1, 0.15) is 41.5 Å². The average molecular weight is 336 g/mol. The standard InChI is InChI=1S/2C4H9.2CH3.Ga.Sb/c2*1-4(2)3;;;;/h2*1-3H3;2*1H3;;. The quantitative estimate of drug-likeness (QED) is 0.589. The molecule has 0 rings (SSSR count). The Morgan fingerprint density at radius 2 is 0.917 bits per heavy atom. The molecule has 0 bridgehead atoms. The van der Waals surface area contributed by atoms with Crippen LogP contribution in [0.4, 0.5) is 0 Å². The molecule has 2 heteroatoms. The average Bonchev–Trinajstić information content (AvgIpc) is 1.53. The van der Waals surface area contributed by atoms with Crippen molar-refractivity contribution in [2.45, 2.75) is 59.2 Å². The zero-order valence-electron chi connectivity index (χ0n) is 10.0. The van der Waals surface area contributed by atoms with Crippen molar-refractivity contribution in [2.75, 3.05) is 0 Å². The van der Waals surface area contributed by atoms with Gasteiger partial charge in [-0.25, -0.2) is 0 Å². The third-order valence-corrected chi connectivity index (χ3v) is 4.50. The van der Waals surface area contributed by atoms with Crippen LogP contribution in [0.2, 0.25) is 17.7 Å². The topological polar surface area (TPSA) is 0 Å². The molecule has 0 aliphatic rings. The molecule has 0 amide bonds. The second-order valence-electron chi connectivity index (χ2n) is 5.32. The second-order valence-corrected chi connectivity index (χ2v) is 15.8. The van der Waals surface area contributed by atoms with Gasteiger partial charge in [0.1, 0.15) is 0 Å². The van der Waals surface area contributed by atoms with E-state index in [1.54, 1.807) is 0 Å². The van der Waals surface area contributed by atoms with Crippen molar-refractivity contribution in [1.82, 2.24) is 0 Å². The van der Waals surface area contributed by atoms with Crippen molar-refractivity contribution in [3.63, 3.8) is 0 Å². The summed E-state index contributed by atoms with van der Waals surface area (Å²) >= 11 is 0.288. The summed E-state index contributed by atoms with van der Waals surface area (Å²) in [4.78, 5) is 4.55. The molecule has 0 aromatic rings. The Kier molecular flexibility index (Phi) is 9.07. The van der Waals surface area contributed by atoms with E-state index in [1.807, 2.05) is 0 Å². The van der Waals surface area contributed by atoms with Crippen LogP contribution in [0.25, 0.3) is 0 Å². The van der Waals surface area contributed by atoms with Crippen LogP contribution in [0.3, 0.4) is 0 Å². The summed E-state index contributed by atoms with van der Waals surface area (Å²) in [5, 5.41) is 0. The van der Waals surface area contributed by atoms with Crippen molar-refractivity contribution in [2.24, 2.45) is 0 Å². The van der Waals surface area contributed by atoms with Crippen LogP contribution >= 0.6 is 0 Å². The molecule has 0 spiro atoms. The molecular formula is C10H24GaSb. The van der Waals surface area contributed by atoms with Crippen LogP contribution < -0.4 is 0 Å². The summed E-state index contributed by atoms with van der Waals surface area (Å²) in [7, 11) is 0. The molecule has 0 unspecified atom stereocenters.